The molecule has 15 nitrogen and oxygen atoms in total. The highest BCUT2D eigenvalue weighted by molar-refractivity contribution is 6.63. The van der Waals surface area contributed by atoms with Crippen molar-refractivity contribution in [3.63, 3.8) is 0 Å². The molecule has 2 heterocycles. The van der Waals surface area contributed by atoms with Crippen LogP contribution >= 0.6 is 0 Å². The van der Waals surface area contributed by atoms with Gasteiger partial charge in [0.25, 0.3) is 0 Å². The third-order valence-electron chi connectivity index (χ3n) is 12.9. The van der Waals surface area contributed by atoms with Crippen molar-refractivity contribution in [2.45, 2.75) is 169 Å². The number of carbonyl (C=O) groups is 4. The summed E-state index contributed by atoms with van der Waals surface area (Å²) >= 11 is 0. The number of rotatable bonds is 23. The van der Waals surface area contributed by atoms with Crippen LogP contribution in [0.4, 0.5) is 0 Å². The van der Waals surface area contributed by atoms with Gasteiger partial charge in [-0.2, -0.15) is 0 Å². The Morgan fingerprint density at radius 1 is 0.493 bits per heavy atom. The van der Waals surface area contributed by atoms with E-state index in [2.05, 4.69) is 9.47 Å². The Hall–Kier alpha value is -4.77. The first kappa shape index (κ1) is 56.8. The van der Waals surface area contributed by atoms with Crippen LogP contribution in [-0.2, 0) is 99.3 Å². The number of benzene rings is 3. The lowest BCUT2D eigenvalue weighted by Crippen LogP contribution is -2.41. The molecule has 0 N–H and O–H groups in total. The van der Waals surface area contributed by atoms with E-state index in [1.165, 1.54) is 14.2 Å². The lowest BCUT2D eigenvalue weighted by Gasteiger charge is -2.32. The minimum Gasteiger partial charge on any atom is -0.488 e. The smallest absolute Gasteiger partial charge is 0.488 e. The summed E-state index contributed by atoms with van der Waals surface area (Å²) < 4.78 is 62.1. The van der Waals surface area contributed by atoms with Crippen LogP contribution in [0.3, 0.4) is 0 Å². The SMILES string of the molecule is COCc1cc(C)cc(COC(=O)CCCCC(=O)OC)c1OCc1ccc(B2OC(C)(C)C(C)(C)O2)cc1.COCc1cccc(COC(=O)CCCCC(=O)OC)c1B1OC(C)(C)C(C)(C)O1. The molecule has 69 heavy (non-hydrogen) atoms. The minimum absolute atomic E-state index is 0.0877. The first-order valence-corrected chi connectivity index (χ1v) is 23.7. The van der Waals surface area contributed by atoms with Gasteiger partial charge in [-0.25, -0.2) is 0 Å². The summed E-state index contributed by atoms with van der Waals surface area (Å²) in [7, 11) is 4.98. The van der Waals surface area contributed by atoms with Gasteiger partial charge in [0, 0.05) is 51.0 Å². The highest BCUT2D eigenvalue weighted by Gasteiger charge is 2.53. The maximum atomic E-state index is 12.3. The number of unbranched alkanes of at least 4 members (excludes halogenated alkanes) is 2. The second-order valence-corrected chi connectivity index (χ2v) is 19.4. The van der Waals surface area contributed by atoms with E-state index in [1.54, 1.807) is 14.2 Å². The average Bonchev–Trinajstić information content (AvgIpc) is 3.66. The van der Waals surface area contributed by atoms with Crippen molar-refractivity contribution in [3.05, 3.63) is 88.0 Å². The van der Waals surface area contributed by atoms with Crippen molar-refractivity contribution in [1.29, 1.82) is 0 Å². The second-order valence-electron chi connectivity index (χ2n) is 19.4. The van der Waals surface area contributed by atoms with Crippen molar-refractivity contribution in [2.24, 2.45) is 0 Å². The zero-order chi connectivity index (χ0) is 51.0. The summed E-state index contributed by atoms with van der Waals surface area (Å²) in [4.78, 5) is 46.8. The molecule has 0 saturated carbocycles. The summed E-state index contributed by atoms with van der Waals surface area (Å²) in [6.07, 6.45) is 3.37. The van der Waals surface area contributed by atoms with E-state index < -0.39 is 36.6 Å². The molecule has 0 atom stereocenters. The molecule has 5 rings (SSSR count). The molecule has 0 amide bonds. The van der Waals surface area contributed by atoms with Crippen LogP contribution in [-0.4, -0.2) is 89.0 Å². The van der Waals surface area contributed by atoms with E-state index in [0.717, 1.165) is 44.3 Å². The molecule has 0 unspecified atom stereocenters. The molecule has 17 heteroatoms. The highest BCUT2D eigenvalue weighted by Crippen LogP contribution is 2.38. The first-order chi connectivity index (χ1) is 32.6. The third-order valence-corrected chi connectivity index (χ3v) is 12.9. The molecule has 0 radical (unpaired) electrons. The van der Waals surface area contributed by atoms with Gasteiger partial charge in [-0.1, -0.05) is 54.1 Å². The zero-order valence-electron chi connectivity index (χ0n) is 43.2. The van der Waals surface area contributed by atoms with Gasteiger partial charge in [-0.15, -0.1) is 0 Å². The fraction of sp³-hybridized carbons (Fsp3) is 0.577. The van der Waals surface area contributed by atoms with Gasteiger partial charge < -0.3 is 51.8 Å². The van der Waals surface area contributed by atoms with E-state index in [1.807, 2.05) is 117 Å². The van der Waals surface area contributed by atoms with E-state index in [9.17, 15) is 19.2 Å². The lowest BCUT2D eigenvalue weighted by molar-refractivity contribution is -0.146. The zero-order valence-corrected chi connectivity index (χ0v) is 43.2. The molecule has 378 valence electrons. The molecule has 2 aliphatic heterocycles. The van der Waals surface area contributed by atoms with Crippen LogP contribution in [0.1, 0.15) is 140 Å². The standard InChI is InChI=1S/C30H41BO8.C22H33BO7/c1-21-16-23(19-34-6)28(24(17-21)20-36-27(33)11-9-8-10-26(32)35-7)37-18-22-12-14-25(15-13-22)31-38-29(2,3)30(4,5)39-31;1-21(2)22(3,4)30-23(29-21)20-16(14-26-5)10-9-11-17(20)15-28-19(25)13-8-7-12-18(24)27-6/h12-17H,8-11,18-20H2,1-7H3;9-11H,7-8,12-15H2,1-6H3. The summed E-state index contributed by atoms with van der Waals surface area (Å²) in [5.74, 6) is -0.532. The predicted molar refractivity (Wildman–Crippen MR) is 262 cm³/mol. The summed E-state index contributed by atoms with van der Waals surface area (Å²) in [6, 6.07) is 17.7. The van der Waals surface area contributed by atoms with E-state index in [0.29, 0.717) is 57.7 Å². The van der Waals surface area contributed by atoms with Gasteiger partial charge >= 0.3 is 38.1 Å². The van der Waals surface area contributed by atoms with Gasteiger partial charge in [0.1, 0.15) is 25.6 Å². The second kappa shape index (κ2) is 25.9. The van der Waals surface area contributed by atoms with Gasteiger partial charge in [0.05, 0.1) is 49.8 Å². The molecule has 3 aromatic rings. The summed E-state index contributed by atoms with van der Waals surface area (Å²) in [5.41, 5.74) is 5.46. The van der Waals surface area contributed by atoms with Crippen LogP contribution < -0.4 is 15.7 Å². The molecule has 0 spiro atoms. The van der Waals surface area contributed by atoms with E-state index in [4.69, 9.17) is 42.3 Å². The largest absolute Gasteiger partial charge is 0.495 e. The fourth-order valence-corrected chi connectivity index (χ4v) is 7.47. The number of esters is 4. The van der Waals surface area contributed by atoms with Crippen LogP contribution in [0.5, 0.6) is 5.75 Å². The van der Waals surface area contributed by atoms with Crippen LogP contribution in [0, 0.1) is 6.92 Å². The maximum absolute atomic E-state index is 12.3. The number of hydrogen-bond acceptors (Lipinski definition) is 15. The van der Waals surface area contributed by atoms with Crippen molar-refractivity contribution in [1.82, 2.24) is 0 Å². The molecule has 0 bridgehead atoms. The number of methoxy groups -OCH3 is 4. The number of hydrogen-bond donors (Lipinski definition) is 0. The van der Waals surface area contributed by atoms with E-state index in [-0.39, 0.29) is 56.4 Å². The fourth-order valence-electron chi connectivity index (χ4n) is 7.47. The summed E-state index contributed by atoms with van der Waals surface area (Å²) in [6.45, 7) is 19.4. The Bertz CT molecular complexity index is 2140. The van der Waals surface area contributed by atoms with Gasteiger partial charge in [-0.05, 0) is 122 Å². The van der Waals surface area contributed by atoms with Crippen molar-refractivity contribution >= 4 is 49.0 Å². The maximum Gasteiger partial charge on any atom is 0.495 e. The Morgan fingerprint density at radius 2 is 0.884 bits per heavy atom. The lowest BCUT2D eigenvalue weighted by atomic mass is 9.73. The van der Waals surface area contributed by atoms with Gasteiger partial charge in [-0.3, -0.25) is 19.2 Å². The van der Waals surface area contributed by atoms with Crippen molar-refractivity contribution < 1.29 is 71.0 Å². The number of carbonyl (C=O) groups excluding carboxylic acids is 4. The molecular formula is C52H74B2O15. The normalized spacial score (nSPS) is 16.3. The first-order valence-electron chi connectivity index (χ1n) is 23.7. The highest BCUT2D eigenvalue weighted by atomic mass is 16.7. The van der Waals surface area contributed by atoms with Crippen LogP contribution in [0.15, 0.2) is 54.6 Å². The molecular weight excluding hydrogens is 886 g/mol. The number of ether oxygens (including phenoxy) is 7. The van der Waals surface area contributed by atoms with Crippen molar-refractivity contribution in [3.8, 4) is 5.75 Å². The van der Waals surface area contributed by atoms with Crippen LogP contribution in [0.25, 0.3) is 0 Å². The third kappa shape index (κ3) is 16.4. The van der Waals surface area contributed by atoms with Crippen LogP contribution in [0.2, 0.25) is 0 Å². The van der Waals surface area contributed by atoms with Crippen molar-refractivity contribution in [2.75, 3.05) is 28.4 Å². The Kier molecular flexibility index (Phi) is 21.3. The van der Waals surface area contributed by atoms with Gasteiger partial charge in [0.15, 0.2) is 0 Å². The molecule has 3 aromatic carbocycles. The topological polar surface area (TPSA) is 170 Å². The Labute approximate surface area is 410 Å². The molecule has 0 aliphatic carbocycles. The quantitative estimate of drug-likeness (QED) is 0.0392. The predicted octanol–water partition coefficient (Wildman–Crippen LogP) is 7.71. The van der Waals surface area contributed by atoms with E-state index >= 15 is 0 Å². The molecule has 2 aliphatic rings. The Balaban J connectivity index is 0.000000311. The summed E-state index contributed by atoms with van der Waals surface area (Å²) in [5, 5.41) is 0. The number of aryl methyl sites for hydroxylation is 1. The Morgan fingerprint density at radius 3 is 1.33 bits per heavy atom. The average molecular weight is 961 g/mol. The monoisotopic (exact) mass is 961 g/mol. The van der Waals surface area contributed by atoms with Gasteiger partial charge in [0.2, 0.25) is 0 Å². The molecule has 0 aromatic heterocycles. The molecule has 2 fully saturated rings. The molecule has 2 saturated heterocycles. The minimum atomic E-state index is -0.574.